The monoisotopic (exact) mass is 236 g/mol. The van der Waals surface area contributed by atoms with Crippen molar-refractivity contribution in [1.82, 2.24) is 0 Å². The molecular formula is C12H16N2O3. The third kappa shape index (κ3) is 2.55. The van der Waals surface area contributed by atoms with Gasteiger partial charge in [0.15, 0.2) is 0 Å². The summed E-state index contributed by atoms with van der Waals surface area (Å²) in [6.07, 6.45) is 2.01. The van der Waals surface area contributed by atoms with Crippen molar-refractivity contribution in [2.75, 3.05) is 25.6 Å². The number of hydrogen-bond acceptors (Lipinski definition) is 4. The van der Waals surface area contributed by atoms with Crippen LogP contribution in [0.25, 0.3) is 0 Å². The van der Waals surface area contributed by atoms with E-state index in [0.717, 1.165) is 31.7 Å². The van der Waals surface area contributed by atoms with E-state index in [4.69, 9.17) is 4.74 Å². The highest BCUT2D eigenvalue weighted by atomic mass is 16.6. The molecule has 92 valence electrons. The van der Waals surface area contributed by atoms with Crippen LogP contribution in [-0.4, -0.2) is 25.2 Å². The Morgan fingerprint density at radius 3 is 3.12 bits per heavy atom. The van der Waals surface area contributed by atoms with Crippen LogP contribution >= 0.6 is 0 Å². The van der Waals surface area contributed by atoms with Crippen molar-refractivity contribution in [2.24, 2.45) is 0 Å². The molecule has 1 aromatic rings. The summed E-state index contributed by atoms with van der Waals surface area (Å²) in [6, 6.07) is 5.06. The van der Waals surface area contributed by atoms with E-state index < -0.39 is 0 Å². The van der Waals surface area contributed by atoms with Crippen LogP contribution < -0.4 is 5.32 Å². The van der Waals surface area contributed by atoms with Crippen LogP contribution in [0.2, 0.25) is 0 Å². The standard InChI is InChI=1S/C12H16N2O3/c1-17-7-5-9-4-6-13-12-8-10(14(15)16)2-3-11(9)12/h2-3,8-9,13H,4-7H2,1H3. The van der Waals surface area contributed by atoms with Crippen molar-refractivity contribution in [1.29, 1.82) is 0 Å². The topological polar surface area (TPSA) is 64.4 Å². The quantitative estimate of drug-likeness (QED) is 0.644. The first-order chi connectivity index (χ1) is 8.22. The lowest BCUT2D eigenvalue weighted by Crippen LogP contribution is -2.18. The van der Waals surface area contributed by atoms with Gasteiger partial charge in [0.1, 0.15) is 0 Å². The van der Waals surface area contributed by atoms with Gasteiger partial charge in [0.05, 0.1) is 4.92 Å². The maximum absolute atomic E-state index is 10.7. The fourth-order valence-corrected chi connectivity index (χ4v) is 2.26. The zero-order valence-electron chi connectivity index (χ0n) is 9.81. The third-order valence-corrected chi connectivity index (χ3v) is 3.17. The van der Waals surface area contributed by atoms with E-state index >= 15 is 0 Å². The van der Waals surface area contributed by atoms with Crippen LogP contribution in [-0.2, 0) is 4.74 Å². The molecule has 0 spiro atoms. The summed E-state index contributed by atoms with van der Waals surface area (Å²) in [6.45, 7) is 1.59. The summed E-state index contributed by atoms with van der Waals surface area (Å²) in [7, 11) is 1.69. The van der Waals surface area contributed by atoms with Crippen molar-refractivity contribution in [3.8, 4) is 0 Å². The number of hydrogen-bond donors (Lipinski definition) is 1. The Balaban J connectivity index is 2.23. The number of anilines is 1. The minimum atomic E-state index is -0.360. The zero-order chi connectivity index (χ0) is 12.3. The Bertz CT molecular complexity index is 420. The molecule has 5 heteroatoms. The molecule has 0 saturated carbocycles. The smallest absolute Gasteiger partial charge is 0.271 e. The molecule has 0 bridgehead atoms. The molecule has 0 radical (unpaired) electrons. The van der Waals surface area contributed by atoms with Gasteiger partial charge in [-0.1, -0.05) is 0 Å². The molecule has 17 heavy (non-hydrogen) atoms. The minimum absolute atomic E-state index is 0.142. The van der Waals surface area contributed by atoms with E-state index in [1.165, 1.54) is 5.56 Å². The van der Waals surface area contributed by atoms with Gasteiger partial charge in [-0.05, 0) is 30.4 Å². The number of benzene rings is 1. The summed E-state index contributed by atoms with van der Waals surface area (Å²) in [5, 5.41) is 13.9. The lowest BCUT2D eigenvalue weighted by molar-refractivity contribution is -0.384. The second-order valence-electron chi connectivity index (χ2n) is 4.22. The fourth-order valence-electron chi connectivity index (χ4n) is 2.26. The SMILES string of the molecule is COCCC1CCNc2cc([N+](=O)[O-])ccc21. The molecule has 2 rings (SSSR count). The summed E-state index contributed by atoms with van der Waals surface area (Å²) in [4.78, 5) is 10.3. The number of non-ortho nitro benzene ring substituents is 1. The van der Waals surface area contributed by atoms with Gasteiger partial charge in [0.25, 0.3) is 5.69 Å². The average Bonchev–Trinajstić information content (AvgIpc) is 2.35. The molecule has 0 amide bonds. The molecule has 1 atom stereocenters. The Morgan fingerprint density at radius 1 is 1.59 bits per heavy atom. The van der Waals surface area contributed by atoms with Crippen molar-refractivity contribution in [2.45, 2.75) is 18.8 Å². The number of nitrogens with one attached hydrogen (secondary N) is 1. The van der Waals surface area contributed by atoms with Crippen molar-refractivity contribution >= 4 is 11.4 Å². The molecule has 1 aliphatic heterocycles. The maximum atomic E-state index is 10.7. The molecular weight excluding hydrogens is 220 g/mol. The van der Waals surface area contributed by atoms with Crippen LogP contribution in [0.4, 0.5) is 11.4 Å². The van der Waals surface area contributed by atoms with Crippen molar-refractivity contribution < 1.29 is 9.66 Å². The average molecular weight is 236 g/mol. The first kappa shape index (κ1) is 11.9. The van der Waals surface area contributed by atoms with Gasteiger partial charge < -0.3 is 10.1 Å². The van der Waals surface area contributed by atoms with E-state index in [-0.39, 0.29) is 10.6 Å². The molecule has 0 aliphatic carbocycles. The highest BCUT2D eigenvalue weighted by Crippen LogP contribution is 2.35. The summed E-state index contributed by atoms with van der Waals surface area (Å²) in [5.41, 5.74) is 2.20. The number of nitro benzene ring substituents is 1. The number of ether oxygens (including phenoxy) is 1. The number of nitro groups is 1. The predicted octanol–water partition coefficient (Wildman–Crippen LogP) is 2.53. The molecule has 1 heterocycles. The summed E-state index contributed by atoms with van der Waals surface area (Å²) >= 11 is 0. The number of nitrogens with zero attached hydrogens (tertiary/aromatic N) is 1. The second-order valence-corrected chi connectivity index (χ2v) is 4.22. The van der Waals surface area contributed by atoms with Gasteiger partial charge in [0, 0.05) is 38.1 Å². The Labute approximate surface area is 99.9 Å². The maximum Gasteiger partial charge on any atom is 0.271 e. The molecule has 0 fully saturated rings. The van der Waals surface area contributed by atoms with E-state index in [9.17, 15) is 10.1 Å². The highest BCUT2D eigenvalue weighted by molar-refractivity contribution is 5.60. The summed E-state index contributed by atoms with van der Waals surface area (Å²) < 4.78 is 5.09. The number of methoxy groups -OCH3 is 1. The van der Waals surface area contributed by atoms with E-state index in [1.807, 2.05) is 6.07 Å². The predicted molar refractivity (Wildman–Crippen MR) is 65.4 cm³/mol. The van der Waals surface area contributed by atoms with Gasteiger partial charge >= 0.3 is 0 Å². The molecule has 0 aromatic heterocycles. The van der Waals surface area contributed by atoms with Gasteiger partial charge in [-0.15, -0.1) is 0 Å². The number of fused-ring (bicyclic) bond motifs is 1. The highest BCUT2D eigenvalue weighted by Gasteiger charge is 2.21. The van der Waals surface area contributed by atoms with Crippen LogP contribution in [0.5, 0.6) is 0 Å². The first-order valence-electron chi connectivity index (χ1n) is 5.73. The zero-order valence-corrected chi connectivity index (χ0v) is 9.81. The van der Waals surface area contributed by atoms with Crippen LogP contribution in [0.15, 0.2) is 18.2 Å². The fraction of sp³-hybridized carbons (Fsp3) is 0.500. The molecule has 1 unspecified atom stereocenters. The van der Waals surface area contributed by atoms with Crippen molar-refractivity contribution in [3.05, 3.63) is 33.9 Å². The molecule has 0 saturated heterocycles. The minimum Gasteiger partial charge on any atom is -0.385 e. The molecule has 1 N–H and O–H groups in total. The molecule has 1 aliphatic rings. The van der Waals surface area contributed by atoms with Crippen LogP contribution in [0, 0.1) is 10.1 Å². The largest absolute Gasteiger partial charge is 0.385 e. The second kappa shape index (κ2) is 5.14. The van der Waals surface area contributed by atoms with E-state index in [2.05, 4.69) is 5.32 Å². The number of rotatable bonds is 4. The lowest BCUT2D eigenvalue weighted by atomic mass is 9.88. The van der Waals surface area contributed by atoms with Crippen LogP contribution in [0.3, 0.4) is 0 Å². The summed E-state index contributed by atoms with van der Waals surface area (Å²) in [5.74, 6) is 0.437. The molecule has 1 aromatic carbocycles. The normalized spacial score (nSPS) is 18.3. The van der Waals surface area contributed by atoms with E-state index in [0.29, 0.717) is 5.92 Å². The molecule has 5 nitrogen and oxygen atoms in total. The lowest BCUT2D eigenvalue weighted by Gasteiger charge is -2.26. The van der Waals surface area contributed by atoms with Gasteiger partial charge in [0.2, 0.25) is 0 Å². The van der Waals surface area contributed by atoms with Crippen molar-refractivity contribution in [3.63, 3.8) is 0 Å². The third-order valence-electron chi connectivity index (χ3n) is 3.17. The first-order valence-corrected chi connectivity index (χ1v) is 5.73. The Kier molecular flexibility index (Phi) is 3.58. The van der Waals surface area contributed by atoms with Gasteiger partial charge in [-0.2, -0.15) is 0 Å². The van der Waals surface area contributed by atoms with Crippen LogP contribution in [0.1, 0.15) is 24.3 Å². The van der Waals surface area contributed by atoms with Gasteiger partial charge in [-0.25, -0.2) is 0 Å². The Morgan fingerprint density at radius 2 is 2.41 bits per heavy atom. The Hall–Kier alpha value is -1.62. The van der Waals surface area contributed by atoms with E-state index in [1.54, 1.807) is 19.2 Å². The van der Waals surface area contributed by atoms with Gasteiger partial charge in [-0.3, -0.25) is 10.1 Å².